The molecule has 3 aromatic carbocycles. The maximum absolute atomic E-state index is 12.7. The number of amides is 2. The molecule has 0 bridgehead atoms. The lowest BCUT2D eigenvalue weighted by Crippen LogP contribution is -2.22. The molecule has 0 aliphatic carbocycles. The van der Waals surface area contributed by atoms with Crippen LogP contribution in [0.1, 0.15) is 24.2 Å². The van der Waals surface area contributed by atoms with Crippen molar-refractivity contribution in [1.29, 1.82) is 0 Å². The van der Waals surface area contributed by atoms with E-state index in [2.05, 4.69) is 15.6 Å². The predicted octanol–water partition coefficient (Wildman–Crippen LogP) is 6.08. The number of anilines is 2. The fourth-order valence-electron chi connectivity index (χ4n) is 3.25. The molecule has 0 aliphatic rings. The molecule has 0 saturated heterocycles. The fraction of sp³-hybridized carbons (Fsp3) is 0.192. The average molecular weight is 508 g/mol. The van der Waals surface area contributed by atoms with Crippen LogP contribution in [0.4, 0.5) is 11.4 Å². The molecule has 1 unspecified atom stereocenters. The van der Waals surface area contributed by atoms with Gasteiger partial charge in [-0.3, -0.25) is 9.59 Å². The van der Waals surface area contributed by atoms with Crippen LogP contribution in [0.2, 0.25) is 0 Å². The highest BCUT2D eigenvalue weighted by atomic mass is 32.2. The lowest BCUT2D eigenvalue weighted by molar-refractivity contribution is -0.115. The number of ether oxygens (including phenoxy) is 2. The van der Waals surface area contributed by atoms with Gasteiger partial charge in [0, 0.05) is 16.9 Å². The van der Waals surface area contributed by atoms with Gasteiger partial charge in [0.05, 0.1) is 29.2 Å². The van der Waals surface area contributed by atoms with E-state index < -0.39 is 0 Å². The largest absolute Gasteiger partial charge is 0.497 e. The summed E-state index contributed by atoms with van der Waals surface area (Å²) < 4.78 is 12.3. The highest BCUT2D eigenvalue weighted by Gasteiger charge is 2.18. The third-order valence-corrected chi connectivity index (χ3v) is 7.25. The molecule has 7 nitrogen and oxygen atoms in total. The van der Waals surface area contributed by atoms with Crippen LogP contribution in [0.3, 0.4) is 0 Å². The molecule has 0 spiro atoms. The number of aromatic nitrogens is 1. The van der Waals surface area contributed by atoms with Crippen LogP contribution in [0.5, 0.6) is 11.5 Å². The van der Waals surface area contributed by atoms with E-state index in [4.69, 9.17) is 9.47 Å². The van der Waals surface area contributed by atoms with Crippen molar-refractivity contribution in [2.45, 2.75) is 23.4 Å². The number of fused-ring (bicyclic) bond motifs is 1. The van der Waals surface area contributed by atoms with Gasteiger partial charge in [0.1, 0.15) is 11.5 Å². The second-order valence-corrected chi connectivity index (χ2v) is 10.2. The van der Waals surface area contributed by atoms with E-state index in [1.54, 1.807) is 31.4 Å². The highest BCUT2D eigenvalue weighted by molar-refractivity contribution is 8.02. The molecule has 1 heterocycles. The van der Waals surface area contributed by atoms with Crippen molar-refractivity contribution < 1.29 is 19.1 Å². The quantitative estimate of drug-likeness (QED) is 0.267. The second-order valence-electron chi connectivity index (χ2n) is 7.56. The first-order chi connectivity index (χ1) is 16.9. The van der Waals surface area contributed by atoms with Crippen molar-refractivity contribution in [3.8, 4) is 11.5 Å². The Hall–Kier alpha value is -3.56. The number of thiazole rings is 1. The van der Waals surface area contributed by atoms with Crippen LogP contribution in [0, 0.1) is 0 Å². The van der Waals surface area contributed by atoms with E-state index in [0.29, 0.717) is 29.3 Å². The summed E-state index contributed by atoms with van der Waals surface area (Å²) in [5.41, 5.74) is 2.71. The summed E-state index contributed by atoms with van der Waals surface area (Å²) in [6.07, 6.45) is 0. The number of nitrogens with one attached hydrogen (secondary N) is 2. The van der Waals surface area contributed by atoms with E-state index in [0.717, 1.165) is 20.3 Å². The zero-order chi connectivity index (χ0) is 24.8. The van der Waals surface area contributed by atoms with Gasteiger partial charge in [-0.2, -0.15) is 0 Å². The van der Waals surface area contributed by atoms with Gasteiger partial charge in [-0.15, -0.1) is 11.3 Å². The Balaban J connectivity index is 1.39. The van der Waals surface area contributed by atoms with E-state index in [-0.39, 0.29) is 17.1 Å². The van der Waals surface area contributed by atoms with Gasteiger partial charge in [-0.25, -0.2) is 4.98 Å². The standard InChI is InChI=1S/C26H25N3O4S2/c1-4-33-20-11-8-18(9-12-20)27-24(30)16(2)34-26-29-22-13-10-19(15-23(22)35-26)28-25(31)17-6-5-7-21(14-17)32-3/h5-16H,4H2,1-3H3,(H,27,30)(H,28,31). The molecule has 1 aromatic heterocycles. The maximum atomic E-state index is 12.7. The van der Waals surface area contributed by atoms with Crippen molar-refractivity contribution in [2.75, 3.05) is 24.4 Å². The number of hydrogen-bond acceptors (Lipinski definition) is 7. The number of carbonyl (C=O) groups excluding carboxylic acids is 2. The third-order valence-electron chi connectivity index (χ3n) is 5.04. The summed E-state index contributed by atoms with van der Waals surface area (Å²) in [7, 11) is 1.56. The van der Waals surface area contributed by atoms with E-state index >= 15 is 0 Å². The van der Waals surface area contributed by atoms with Gasteiger partial charge in [0.25, 0.3) is 5.91 Å². The lowest BCUT2D eigenvalue weighted by Gasteiger charge is -2.11. The first-order valence-corrected chi connectivity index (χ1v) is 12.7. The number of methoxy groups -OCH3 is 1. The van der Waals surface area contributed by atoms with Crippen LogP contribution in [0.25, 0.3) is 10.2 Å². The Bertz CT molecular complexity index is 1340. The minimum atomic E-state index is -0.339. The zero-order valence-corrected chi connectivity index (χ0v) is 21.2. The topological polar surface area (TPSA) is 89.5 Å². The number of hydrogen-bond donors (Lipinski definition) is 2. The maximum Gasteiger partial charge on any atom is 0.255 e. The first kappa shape index (κ1) is 24.6. The molecule has 4 aromatic rings. The van der Waals surface area contributed by atoms with Gasteiger partial charge >= 0.3 is 0 Å². The number of thioether (sulfide) groups is 1. The molecule has 9 heteroatoms. The Labute approximate surface area is 211 Å². The summed E-state index contributed by atoms with van der Waals surface area (Å²) >= 11 is 2.88. The van der Waals surface area contributed by atoms with Crippen LogP contribution >= 0.6 is 23.1 Å². The van der Waals surface area contributed by atoms with Gasteiger partial charge < -0.3 is 20.1 Å². The Morgan fingerprint density at radius 3 is 2.51 bits per heavy atom. The molecular formula is C26H25N3O4S2. The van der Waals surface area contributed by atoms with Crippen LogP contribution in [-0.4, -0.2) is 35.8 Å². The number of nitrogens with zero attached hydrogens (tertiary/aromatic N) is 1. The summed E-state index contributed by atoms with van der Waals surface area (Å²) in [5.74, 6) is 1.06. The van der Waals surface area contributed by atoms with Crippen molar-refractivity contribution in [2.24, 2.45) is 0 Å². The van der Waals surface area contributed by atoms with E-state index in [1.165, 1.54) is 23.1 Å². The summed E-state index contributed by atoms with van der Waals surface area (Å²) in [5, 5.41) is 5.50. The zero-order valence-electron chi connectivity index (χ0n) is 19.5. The molecule has 1 atom stereocenters. The Morgan fingerprint density at radius 2 is 1.77 bits per heavy atom. The fourth-order valence-corrected chi connectivity index (χ4v) is 5.50. The van der Waals surface area contributed by atoms with E-state index in [9.17, 15) is 9.59 Å². The molecule has 2 N–H and O–H groups in total. The van der Waals surface area contributed by atoms with Crippen molar-refractivity contribution in [3.63, 3.8) is 0 Å². The summed E-state index contributed by atoms with van der Waals surface area (Å²) in [6.45, 7) is 4.37. The smallest absolute Gasteiger partial charge is 0.255 e. The summed E-state index contributed by atoms with van der Waals surface area (Å²) in [4.78, 5) is 29.9. The van der Waals surface area contributed by atoms with Gasteiger partial charge in [-0.05, 0) is 74.5 Å². The molecule has 180 valence electrons. The summed E-state index contributed by atoms with van der Waals surface area (Å²) in [6, 6.07) is 19.9. The van der Waals surface area contributed by atoms with Crippen LogP contribution < -0.4 is 20.1 Å². The average Bonchev–Trinajstić information content (AvgIpc) is 3.26. The predicted molar refractivity (Wildman–Crippen MR) is 142 cm³/mol. The van der Waals surface area contributed by atoms with Crippen LogP contribution in [-0.2, 0) is 4.79 Å². The SMILES string of the molecule is CCOc1ccc(NC(=O)C(C)Sc2nc3ccc(NC(=O)c4cccc(OC)c4)cc3s2)cc1. The van der Waals surface area contributed by atoms with Crippen molar-refractivity contribution in [1.82, 2.24) is 4.98 Å². The van der Waals surface area contributed by atoms with Crippen LogP contribution in [0.15, 0.2) is 71.1 Å². The molecular weight excluding hydrogens is 482 g/mol. The monoisotopic (exact) mass is 507 g/mol. The molecule has 0 fully saturated rings. The number of benzene rings is 3. The molecule has 0 aliphatic heterocycles. The van der Waals surface area contributed by atoms with Crippen molar-refractivity contribution in [3.05, 3.63) is 72.3 Å². The lowest BCUT2D eigenvalue weighted by atomic mass is 10.2. The molecule has 0 saturated carbocycles. The van der Waals surface area contributed by atoms with Gasteiger partial charge in [0.15, 0.2) is 4.34 Å². The highest BCUT2D eigenvalue weighted by Crippen LogP contribution is 2.34. The Kier molecular flexibility index (Phi) is 7.89. The molecule has 4 rings (SSSR count). The van der Waals surface area contributed by atoms with Crippen molar-refractivity contribution >= 4 is 56.5 Å². The minimum Gasteiger partial charge on any atom is -0.497 e. The third kappa shape index (κ3) is 6.32. The Morgan fingerprint density at radius 1 is 1.00 bits per heavy atom. The van der Waals surface area contributed by atoms with Gasteiger partial charge in [0.2, 0.25) is 5.91 Å². The molecule has 35 heavy (non-hydrogen) atoms. The number of carbonyl (C=O) groups is 2. The normalized spacial score (nSPS) is 11.6. The second kappa shape index (κ2) is 11.2. The minimum absolute atomic E-state index is 0.107. The first-order valence-electron chi connectivity index (χ1n) is 11.0. The van der Waals surface area contributed by atoms with E-state index in [1.807, 2.05) is 56.3 Å². The molecule has 2 amide bonds. The van der Waals surface area contributed by atoms with Gasteiger partial charge in [-0.1, -0.05) is 17.8 Å². The molecule has 0 radical (unpaired) electrons. The number of rotatable bonds is 9.